The first-order valence-electron chi connectivity index (χ1n) is 8.32. The van der Waals surface area contributed by atoms with Gasteiger partial charge in [-0.05, 0) is 42.2 Å². The summed E-state index contributed by atoms with van der Waals surface area (Å²) in [5, 5.41) is 11.0. The molecule has 1 aliphatic heterocycles. The number of amides is 1. The van der Waals surface area contributed by atoms with Crippen LogP contribution in [0.3, 0.4) is 0 Å². The zero-order valence-corrected chi connectivity index (χ0v) is 14.7. The van der Waals surface area contributed by atoms with Crippen molar-refractivity contribution in [2.24, 2.45) is 0 Å². The normalized spacial score (nSPS) is 12.6. The van der Waals surface area contributed by atoms with Gasteiger partial charge in [0.15, 0.2) is 0 Å². The van der Waals surface area contributed by atoms with Gasteiger partial charge in [0, 0.05) is 25.1 Å². The summed E-state index contributed by atoms with van der Waals surface area (Å²) in [6.45, 7) is 0.546. The third-order valence-electron chi connectivity index (χ3n) is 4.57. The highest BCUT2D eigenvalue weighted by atomic mass is 16.6. The molecule has 0 saturated heterocycles. The molecule has 0 bridgehead atoms. The molecule has 2 aromatic carbocycles. The summed E-state index contributed by atoms with van der Waals surface area (Å²) in [4.78, 5) is 24.9. The van der Waals surface area contributed by atoms with Gasteiger partial charge in [0.1, 0.15) is 11.5 Å². The smallest absolute Gasteiger partial charge is 0.271 e. The van der Waals surface area contributed by atoms with Gasteiger partial charge in [-0.15, -0.1) is 0 Å². The number of hydrogen-bond acceptors (Lipinski definition) is 5. The number of ether oxygens (including phenoxy) is 2. The fourth-order valence-electron chi connectivity index (χ4n) is 3.19. The molecule has 0 spiro atoms. The van der Waals surface area contributed by atoms with Crippen LogP contribution in [0.15, 0.2) is 36.4 Å². The first kappa shape index (κ1) is 17.7. The van der Waals surface area contributed by atoms with Crippen LogP contribution in [0.5, 0.6) is 11.5 Å². The lowest BCUT2D eigenvalue weighted by atomic mass is 10.1. The van der Waals surface area contributed by atoms with Gasteiger partial charge in [-0.1, -0.05) is 6.07 Å². The Hall–Kier alpha value is -3.09. The standard InChI is InChI=1S/C19H20N2O5/c1-25-16-6-7-18(26-2)14(11-16)4-8-19(22)20-10-9-13-3-5-15(21(23)24)12-17(13)20/h3,5-7,11-12H,4,8-10H2,1-2H3. The highest BCUT2D eigenvalue weighted by molar-refractivity contribution is 5.96. The maximum atomic E-state index is 12.7. The van der Waals surface area contributed by atoms with E-state index in [0.717, 1.165) is 11.1 Å². The zero-order chi connectivity index (χ0) is 18.7. The second kappa shape index (κ2) is 7.43. The predicted molar refractivity (Wildman–Crippen MR) is 97.0 cm³/mol. The molecule has 1 aliphatic rings. The molecule has 1 amide bonds. The molecule has 0 aliphatic carbocycles. The molecule has 0 N–H and O–H groups in total. The minimum absolute atomic E-state index is 0.00193. The summed E-state index contributed by atoms with van der Waals surface area (Å²) in [5.74, 6) is 1.35. The number of hydrogen-bond donors (Lipinski definition) is 0. The molecule has 3 rings (SSSR count). The van der Waals surface area contributed by atoms with E-state index in [0.29, 0.717) is 36.6 Å². The predicted octanol–water partition coefficient (Wildman–Crippen LogP) is 3.13. The van der Waals surface area contributed by atoms with E-state index in [2.05, 4.69) is 0 Å². The minimum atomic E-state index is -0.442. The average Bonchev–Trinajstić information content (AvgIpc) is 3.09. The van der Waals surface area contributed by atoms with Crippen LogP contribution in [0.4, 0.5) is 11.4 Å². The topological polar surface area (TPSA) is 81.9 Å². The van der Waals surface area contributed by atoms with E-state index in [4.69, 9.17) is 9.47 Å². The maximum Gasteiger partial charge on any atom is 0.271 e. The number of nitro groups is 1. The monoisotopic (exact) mass is 356 g/mol. The van der Waals surface area contributed by atoms with Crippen LogP contribution >= 0.6 is 0 Å². The highest BCUT2D eigenvalue weighted by Crippen LogP contribution is 2.32. The van der Waals surface area contributed by atoms with Crippen LogP contribution < -0.4 is 14.4 Å². The number of methoxy groups -OCH3 is 2. The summed E-state index contributed by atoms with van der Waals surface area (Å²) in [6.07, 6.45) is 1.49. The Bertz CT molecular complexity index is 850. The number of nitro benzene ring substituents is 1. The Morgan fingerprint density at radius 2 is 2.00 bits per heavy atom. The van der Waals surface area contributed by atoms with Gasteiger partial charge < -0.3 is 14.4 Å². The van der Waals surface area contributed by atoms with Crippen molar-refractivity contribution >= 4 is 17.3 Å². The number of anilines is 1. The average molecular weight is 356 g/mol. The molecule has 0 fully saturated rings. The number of fused-ring (bicyclic) bond motifs is 1. The second-order valence-electron chi connectivity index (χ2n) is 6.04. The molecule has 2 aromatic rings. The van der Waals surface area contributed by atoms with Crippen molar-refractivity contribution in [3.8, 4) is 11.5 Å². The Labute approximate surface area is 151 Å². The molecule has 0 aromatic heterocycles. The Morgan fingerprint density at radius 3 is 2.69 bits per heavy atom. The number of carbonyl (C=O) groups is 1. The Balaban J connectivity index is 1.75. The molecule has 136 valence electrons. The van der Waals surface area contributed by atoms with Crippen LogP contribution in [0.2, 0.25) is 0 Å². The van der Waals surface area contributed by atoms with Crippen LogP contribution in [-0.2, 0) is 17.6 Å². The number of carbonyl (C=O) groups excluding carboxylic acids is 1. The summed E-state index contributed by atoms with van der Waals surface area (Å²) < 4.78 is 10.6. The van der Waals surface area contributed by atoms with Crippen LogP contribution in [0, 0.1) is 10.1 Å². The Kier molecular flexibility index (Phi) is 5.06. The van der Waals surface area contributed by atoms with Crippen molar-refractivity contribution in [1.29, 1.82) is 0 Å². The molecule has 0 saturated carbocycles. The number of rotatable bonds is 6. The van der Waals surface area contributed by atoms with E-state index in [-0.39, 0.29) is 18.0 Å². The number of aryl methyl sites for hydroxylation is 1. The summed E-state index contributed by atoms with van der Waals surface area (Å²) in [5.41, 5.74) is 2.49. The first-order valence-corrected chi connectivity index (χ1v) is 8.32. The first-order chi connectivity index (χ1) is 12.5. The highest BCUT2D eigenvalue weighted by Gasteiger charge is 2.26. The molecular weight excluding hydrogens is 336 g/mol. The summed E-state index contributed by atoms with van der Waals surface area (Å²) in [6, 6.07) is 10.2. The summed E-state index contributed by atoms with van der Waals surface area (Å²) >= 11 is 0. The molecule has 26 heavy (non-hydrogen) atoms. The van der Waals surface area contributed by atoms with Crippen molar-refractivity contribution in [3.63, 3.8) is 0 Å². The zero-order valence-electron chi connectivity index (χ0n) is 14.7. The summed E-state index contributed by atoms with van der Waals surface area (Å²) in [7, 11) is 3.17. The van der Waals surface area contributed by atoms with Gasteiger partial charge in [-0.2, -0.15) is 0 Å². The second-order valence-corrected chi connectivity index (χ2v) is 6.04. The third-order valence-corrected chi connectivity index (χ3v) is 4.57. The van der Waals surface area contributed by atoms with Crippen LogP contribution in [0.25, 0.3) is 0 Å². The van der Waals surface area contributed by atoms with Gasteiger partial charge in [-0.3, -0.25) is 14.9 Å². The van der Waals surface area contributed by atoms with Crippen molar-refractivity contribution in [1.82, 2.24) is 0 Å². The minimum Gasteiger partial charge on any atom is -0.497 e. The fraction of sp³-hybridized carbons (Fsp3) is 0.316. The van der Waals surface area contributed by atoms with Gasteiger partial charge in [0.05, 0.1) is 24.8 Å². The van der Waals surface area contributed by atoms with Crippen molar-refractivity contribution in [2.45, 2.75) is 19.3 Å². The number of non-ortho nitro benzene ring substituents is 1. The lowest BCUT2D eigenvalue weighted by molar-refractivity contribution is -0.384. The van der Waals surface area contributed by atoms with Crippen molar-refractivity contribution in [2.75, 3.05) is 25.7 Å². The number of nitrogens with zero attached hydrogens (tertiary/aromatic N) is 2. The lowest BCUT2D eigenvalue weighted by Crippen LogP contribution is -2.29. The molecule has 0 unspecified atom stereocenters. The molecule has 1 heterocycles. The van der Waals surface area contributed by atoms with Crippen LogP contribution in [0.1, 0.15) is 17.5 Å². The lowest BCUT2D eigenvalue weighted by Gasteiger charge is -2.18. The van der Waals surface area contributed by atoms with Crippen molar-refractivity contribution < 1.29 is 19.2 Å². The maximum absolute atomic E-state index is 12.7. The molecule has 0 radical (unpaired) electrons. The quantitative estimate of drug-likeness (QED) is 0.587. The van der Waals surface area contributed by atoms with Gasteiger partial charge in [0.25, 0.3) is 5.69 Å². The van der Waals surface area contributed by atoms with E-state index < -0.39 is 4.92 Å². The van der Waals surface area contributed by atoms with E-state index in [1.807, 2.05) is 12.1 Å². The Morgan fingerprint density at radius 1 is 1.19 bits per heavy atom. The van der Waals surface area contributed by atoms with E-state index in [9.17, 15) is 14.9 Å². The molecule has 7 nitrogen and oxygen atoms in total. The van der Waals surface area contributed by atoms with E-state index in [1.165, 1.54) is 12.1 Å². The third kappa shape index (κ3) is 3.46. The molecule has 7 heteroatoms. The fourth-order valence-corrected chi connectivity index (χ4v) is 3.19. The van der Waals surface area contributed by atoms with Crippen molar-refractivity contribution in [3.05, 3.63) is 57.6 Å². The SMILES string of the molecule is COc1ccc(OC)c(CCC(=O)N2CCc3ccc([N+](=O)[O-])cc32)c1. The molecular formula is C19H20N2O5. The molecule has 0 atom stereocenters. The largest absolute Gasteiger partial charge is 0.497 e. The van der Waals surface area contributed by atoms with Crippen LogP contribution in [-0.4, -0.2) is 31.6 Å². The van der Waals surface area contributed by atoms with Gasteiger partial charge in [0.2, 0.25) is 5.91 Å². The van der Waals surface area contributed by atoms with E-state index in [1.54, 1.807) is 31.3 Å². The number of benzene rings is 2. The van der Waals surface area contributed by atoms with E-state index >= 15 is 0 Å². The van der Waals surface area contributed by atoms with Gasteiger partial charge >= 0.3 is 0 Å². The van der Waals surface area contributed by atoms with Gasteiger partial charge in [-0.25, -0.2) is 0 Å².